The van der Waals surface area contributed by atoms with Gasteiger partial charge in [0.2, 0.25) is 5.91 Å². The molecule has 0 saturated heterocycles. The Morgan fingerprint density at radius 3 is 2.50 bits per heavy atom. The minimum atomic E-state index is -0.992. The monoisotopic (exact) mass is 172 g/mol. The molecule has 0 aromatic rings. The maximum absolute atomic E-state index is 10.2. The van der Waals surface area contributed by atoms with Crippen LogP contribution in [-0.4, -0.2) is 30.1 Å². The quantitative estimate of drug-likeness (QED) is 0.468. The summed E-state index contributed by atoms with van der Waals surface area (Å²) >= 11 is 0. The van der Waals surface area contributed by atoms with Crippen LogP contribution in [0, 0.1) is 0 Å². The first-order valence-electron chi connectivity index (χ1n) is 3.41. The molecule has 0 radical (unpaired) electrons. The van der Waals surface area contributed by atoms with E-state index in [9.17, 15) is 9.59 Å². The molecule has 0 aromatic heterocycles. The van der Waals surface area contributed by atoms with Crippen molar-refractivity contribution in [3.8, 4) is 0 Å². The van der Waals surface area contributed by atoms with Gasteiger partial charge >= 0.3 is 5.97 Å². The first kappa shape index (κ1) is 10.6. The summed E-state index contributed by atoms with van der Waals surface area (Å²) in [5, 5.41) is 11.0. The van der Waals surface area contributed by atoms with E-state index in [0.29, 0.717) is 12.1 Å². The van der Waals surface area contributed by atoms with E-state index in [4.69, 9.17) is 10.8 Å². The van der Waals surface area contributed by atoms with Crippen molar-refractivity contribution in [2.75, 3.05) is 13.1 Å². The van der Waals surface area contributed by atoms with Crippen LogP contribution in [0.25, 0.3) is 0 Å². The van der Waals surface area contributed by atoms with Crippen molar-refractivity contribution >= 4 is 11.9 Å². The fraction of sp³-hybridized carbons (Fsp3) is 0.429. The number of nitrogens with one attached hydrogen (secondary N) is 1. The predicted molar refractivity (Wildman–Crippen MR) is 43.5 cm³/mol. The lowest BCUT2D eigenvalue weighted by atomic mass is 10.3. The van der Waals surface area contributed by atoms with Crippen LogP contribution >= 0.6 is 0 Å². The Morgan fingerprint density at radius 2 is 2.08 bits per heavy atom. The predicted octanol–water partition coefficient (Wildman–Crippen LogP) is -0.908. The van der Waals surface area contributed by atoms with E-state index in [1.54, 1.807) is 6.92 Å². The molecule has 0 aliphatic carbocycles. The molecule has 12 heavy (non-hydrogen) atoms. The van der Waals surface area contributed by atoms with E-state index in [0.717, 1.165) is 6.08 Å². The Kier molecular flexibility index (Phi) is 4.71. The third kappa shape index (κ3) is 6.76. The highest BCUT2D eigenvalue weighted by molar-refractivity contribution is 5.80. The summed E-state index contributed by atoms with van der Waals surface area (Å²) in [6.45, 7) is 2.07. The van der Waals surface area contributed by atoms with Crippen molar-refractivity contribution in [1.29, 1.82) is 0 Å². The van der Waals surface area contributed by atoms with Gasteiger partial charge in [-0.25, -0.2) is 4.79 Å². The highest BCUT2D eigenvalue weighted by Gasteiger charge is 1.95. The van der Waals surface area contributed by atoms with Crippen LogP contribution in [0.2, 0.25) is 0 Å². The number of carbonyl (C=O) groups is 2. The SMILES string of the molecule is CC(=CC(=O)O)CNCC(N)=O. The topological polar surface area (TPSA) is 92.4 Å². The first-order valence-corrected chi connectivity index (χ1v) is 3.41. The van der Waals surface area contributed by atoms with Gasteiger partial charge in [0.1, 0.15) is 0 Å². The third-order valence-electron chi connectivity index (χ3n) is 1.07. The molecular weight excluding hydrogens is 160 g/mol. The molecule has 0 aliphatic rings. The summed E-state index contributed by atoms with van der Waals surface area (Å²) < 4.78 is 0. The van der Waals surface area contributed by atoms with Gasteiger partial charge in [-0.15, -0.1) is 0 Å². The summed E-state index contributed by atoms with van der Waals surface area (Å²) in [5.74, 6) is -1.45. The Hall–Kier alpha value is -1.36. The second-order valence-electron chi connectivity index (χ2n) is 2.40. The lowest BCUT2D eigenvalue weighted by molar-refractivity contribution is -0.131. The number of rotatable bonds is 5. The Bertz CT molecular complexity index is 211. The van der Waals surface area contributed by atoms with Gasteiger partial charge in [-0.3, -0.25) is 4.79 Å². The van der Waals surface area contributed by atoms with Crippen LogP contribution < -0.4 is 11.1 Å². The lowest BCUT2D eigenvalue weighted by Crippen LogP contribution is -2.29. The molecule has 4 N–H and O–H groups in total. The van der Waals surface area contributed by atoms with Gasteiger partial charge < -0.3 is 16.2 Å². The number of carboxylic acids is 1. The summed E-state index contributed by atoms with van der Waals surface area (Å²) in [4.78, 5) is 20.3. The van der Waals surface area contributed by atoms with Crippen molar-refractivity contribution in [3.63, 3.8) is 0 Å². The van der Waals surface area contributed by atoms with Crippen molar-refractivity contribution in [2.24, 2.45) is 5.73 Å². The normalized spacial score (nSPS) is 11.2. The van der Waals surface area contributed by atoms with Crippen LogP contribution in [0.3, 0.4) is 0 Å². The summed E-state index contributed by atoms with van der Waals surface area (Å²) in [6.07, 6.45) is 1.08. The number of primary amides is 1. The average molecular weight is 172 g/mol. The first-order chi connectivity index (χ1) is 5.52. The molecule has 0 unspecified atom stereocenters. The van der Waals surface area contributed by atoms with Gasteiger partial charge in [-0.05, 0) is 6.92 Å². The molecule has 0 fully saturated rings. The largest absolute Gasteiger partial charge is 0.478 e. The Morgan fingerprint density at radius 1 is 1.50 bits per heavy atom. The minimum Gasteiger partial charge on any atom is -0.478 e. The van der Waals surface area contributed by atoms with E-state index in [2.05, 4.69) is 5.32 Å². The minimum absolute atomic E-state index is 0.0603. The van der Waals surface area contributed by atoms with Crippen molar-refractivity contribution in [1.82, 2.24) is 5.32 Å². The van der Waals surface area contributed by atoms with Gasteiger partial charge in [0.25, 0.3) is 0 Å². The van der Waals surface area contributed by atoms with Gasteiger partial charge in [0.15, 0.2) is 0 Å². The summed E-state index contributed by atoms with van der Waals surface area (Å²) in [6, 6.07) is 0. The fourth-order valence-corrected chi connectivity index (χ4v) is 0.645. The van der Waals surface area contributed by atoms with E-state index < -0.39 is 11.9 Å². The average Bonchev–Trinajstić information content (AvgIpc) is 1.84. The molecule has 1 amide bonds. The van der Waals surface area contributed by atoms with Gasteiger partial charge in [-0.1, -0.05) is 5.57 Å². The maximum atomic E-state index is 10.2. The van der Waals surface area contributed by atoms with Crippen LogP contribution in [0.1, 0.15) is 6.92 Å². The summed E-state index contributed by atoms with van der Waals surface area (Å²) in [7, 11) is 0. The van der Waals surface area contributed by atoms with Gasteiger partial charge in [-0.2, -0.15) is 0 Å². The Balaban J connectivity index is 3.64. The second kappa shape index (κ2) is 5.31. The smallest absolute Gasteiger partial charge is 0.328 e. The molecule has 0 saturated carbocycles. The molecule has 0 aromatic carbocycles. The van der Waals surface area contributed by atoms with E-state index >= 15 is 0 Å². The van der Waals surface area contributed by atoms with E-state index in [1.165, 1.54) is 0 Å². The zero-order valence-electron chi connectivity index (χ0n) is 6.83. The number of hydrogen-bond donors (Lipinski definition) is 3. The highest BCUT2D eigenvalue weighted by atomic mass is 16.4. The van der Waals surface area contributed by atoms with Crippen LogP contribution in [0.4, 0.5) is 0 Å². The maximum Gasteiger partial charge on any atom is 0.328 e. The molecule has 0 rings (SSSR count). The van der Waals surface area contributed by atoms with E-state index in [1.807, 2.05) is 0 Å². The number of carbonyl (C=O) groups excluding carboxylic acids is 1. The third-order valence-corrected chi connectivity index (χ3v) is 1.07. The number of nitrogens with two attached hydrogens (primary N) is 1. The van der Waals surface area contributed by atoms with Crippen molar-refractivity contribution in [3.05, 3.63) is 11.6 Å². The van der Waals surface area contributed by atoms with E-state index in [-0.39, 0.29) is 6.54 Å². The van der Waals surface area contributed by atoms with Crippen molar-refractivity contribution < 1.29 is 14.7 Å². The zero-order valence-corrected chi connectivity index (χ0v) is 6.83. The molecule has 5 heteroatoms. The van der Waals surface area contributed by atoms with Crippen LogP contribution in [-0.2, 0) is 9.59 Å². The van der Waals surface area contributed by atoms with Gasteiger partial charge in [0, 0.05) is 12.6 Å². The molecule has 0 atom stereocenters. The Labute approximate surface area is 70.2 Å². The summed E-state index contributed by atoms with van der Waals surface area (Å²) in [5.41, 5.74) is 5.49. The molecule has 0 heterocycles. The van der Waals surface area contributed by atoms with Crippen molar-refractivity contribution in [2.45, 2.75) is 6.92 Å². The number of hydrogen-bond acceptors (Lipinski definition) is 3. The van der Waals surface area contributed by atoms with Crippen LogP contribution in [0.5, 0.6) is 0 Å². The van der Waals surface area contributed by atoms with Crippen LogP contribution in [0.15, 0.2) is 11.6 Å². The standard InChI is InChI=1S/C7H12N2O3/c1-5(2-7(11)12)3-9-4-6(8)10/h2,9H,3-4H2,1H3,(H2,8,10)(H,11,12). The molecule has 0 bridgehead atoms. The lowest BCUT2D eigenvalue weighted by Gasteiger charge is -2.00. The van der Waals surface area contributed by atoms with Gasteiger partial charge in [0.05, 0.1) is 6.54 Å². The zero-order chi connectivity index (χ0) is 9.56. The number of carboxylic acid groups (broad SMARTS) is 1. The molecule has 5 nitrogen and oxygen atoms in total. The number of amides is 1. The molecule has 0 aliphatic heterocycles. The highest BCUT2D eigenvalue weighted by Crippen LogP contribution is 1.88. The number of aliphatic carboxylic acids is 1. The fourth-order valence-electron chi connectivity index (χ4n) is 0.645. The molecule has 0 spiro atoms. The second-order valence-corrected chi connectivity index (χ2v) is 2.40. The molecule has 68 valence electrons. The molecular formula is C7H12N2O3.